The minimum atomic E-state index is -0.645. The molecule has 124 valence electrons. The molecule has 0 bridgehead atoms. The van der Waals surface area contributed by atoms with Crippen molar-refractivity contribution < 1.29 is 8.78 Å². The van der Waals surface area contributed by atoms with Crippen molar-refractivity contribution in [1.82, 2.24) is 4.98 Å². The molecule has 0 unspecified atom stereocenters. The summed E-state index contributed by atoms with van der Waals surface area (Å²) in [5.74, 6) is -1.30. The first-order valence-electron chi connectivity index (χ1n) is 7.34. The number of anilines is 1. The van der Waals surface area contributed by atoms with Crippen molar-refractivity contribution in [2.45, 2.75) is 6.92 Å². The molecule has 0 radical (unpaired) electrons. The lowest BCUT2D eigenvalue weighted by atomic mass is 9.92. The number of hydrogen-bond donors (Lipinski definition) is 1. The van der Waals surface area contributed by atoms with Crippen molar-refractivity contribution in [2.24, 2.45) is 0 Å². The van der Waals surface area contributed by atoms with E-state index >= 15 is 0 Å². The fourth-order valence-electron chi connectivity index (χ4n) is 2.72. The van der Waals surface area contributed by atoms with Gasteiger partial charge in [0.25, 0.3) is 0 Å². The van der Waals surface area contributed by atoms with Crippen molar-refractivity contribution in [3.63, 3.8) is 0 Å². The maximum atomic E-state index is 14.3. The third-order valence-corrected chi connectivity index (χ3v) is 4.15. The summed E-state index contributed by atoms with van der Waals surface area (Å²) in [4.78, 5) is 4.28. The van der Waals surface area contributed by atoms with E-state index in [2.05, 4.69) is 4.98 Å². The van der Waals surface area contributed by atoms with Crippen molar-refractivity contribution in [2.75, 3.05) is 5.73 Å². The lowest BCUT2D eigenvalue weighted by Crippen LogP contribution is -2.04. The molecule has 1 aromatic heterocycles. The lowest BCUT2D eigenvalue weighted by molar-refractivity contribution is 0.603. The van der Waals surface area contributed by atoms with Crippen LogP contribution < -0.4 is 5.73 Å². The molecule has 6 heteroatoms. The van der Waals surface area contributed by atoms with Gasteiger partial charge in [-0.25, -0.2) is 13.8 Å². The molecule has 3 aromatic rings. The van der Waals surface area contributed by atoms with Gasteiger partial charge in [0.05, 0.1) is 5.69 Å². The lowest BCUT2D eigenvalue weighted by Gasteiger charge is -2.15. The SMILES string of the molecule is Cc1c(-c2ccc(Cl)cc2)nc(N)c(C#N)c1-c1cc(F)ccc1F. The first kappa shape index (κ1) is 16.9. The zero-order chi connectivity index (χ0) is 18.1. The van der Waals surface area contributed by atoms with Gasteiger partial charge in [-0.2, -0.15) is 5.26 Å². The van der Waals surface area contributed by atoms with E-state index in [-0.39, 0.29) is 22.5 Å². The third-order valence-electron chi connectivity index (χ3n) is 3.90. The molecule has 0 amide bonds. The monoisotopic (exact) mass is 355 g/mol. The molecule has 2 N–H and O–H groups in total. The maximum Gasteiger partial charge on any atom is 0.142 e. The van der Waals surface area contributed by atoms with Crippen LogP contribution in [-0.4, -0.2) is 4.98 Å². The van der Waals surface area contributed by atoms with E-state index in [4.69, 9.17) is 17.3 Å². The minimum Gasteiger partial charge on any atom is -0.383 e. The largest absolute Gasteiger partial charge is 0.383 e. The highest BCUT2D eigenvalue weighted by molar-refractivity contribution is 6.30. The van der Waals surface area contributed by atoms with Gasteiger partial charge in [-0.05, 0) is 42.8 Å². The second-order valence-corrected chi connectivity index (χ2v) is 5.90. The Bertz CT molecular complexity index is 1010. The second kappa shape index (κ2) is 6.50. The quantitative estimate of drug-likeness (QED) is 0.694. The van der Waals surface area contributed by atoms with Crippen molar-refractivity contribution >= 4 is 17.4 Å². The van der Waals surface area contributed by atoms with Crippen LogP contribution in [0, 0.1) is 29.9 Å². The number of benzene rings is 2. The van der Waals surface area contributed by atoms with Crippen molar-refractivity contribution in [1.29, 1.82) is 5.26 Å². The molecule has 0 saturated carbocycles. The van der Waals surface area contributed by atoms with Gasteiger partial charge in [0.1, 0.15) is 29.1 Å². The Kier molecular flexibility index (Phi) is 4.39. The number of nitrogens with zero attached hydrogens (tertiary/aromatic N) is 2. The van der Waals surface area contributed by atoms with Gasteiger partial charge >= 0.3 is 0 Å². The summed E-state index contributed by atoms with van der Waals surface area (Å²) in [5.41, 5.74) is 7.84. The van der Waals surface area contributed by atoms with Crippen LogP contribution in [0.3, 0.4) is 0 Å². The Morgan fingerprint density at radius 3 is 2.44 bits per heavy atom. The Balaban J connectivity index is 2.36. The van der Waals surface area contributed by atoms with Crippen LogP contribution in [-0.2, 0) is 0 Å². The van der Waals surface area contributed by atoms with E-state index in [9.17, 15) is 14.0 Å². The molecule has 2 aromatic carbocycles. The molecule has 3 nitrogen and oxygen atoms in total. The zero-order valence-electron chi connectivity index (χ0n) is 13.1. The predicted molar refractivity (Wildman–Crippen MR) is 93.9 cm³/mol. The summed E-state index contributed by atoms with van der Waals surface area (Å²) in [5, 5.41) is 9.99. The van der Waals surface area contributed by atoms with E-state index in [0.717, 1.165) is 18.2 Å². The van der Waals surface area contributed by atoms with E-state index < -0.39 is 11.6 Å². The Labute approximate surface area is 148 Å². The number of pyridine rings is 1. The van der Waals surface area contributed by atoms with E-state index in [1.807, 2.05) is 6.07 Å². The summed E-state index contributed by atoms with van der Waals surface area (Å²) in [6.45, 7) is 1.69. The van der Waals surface area contributed by atoms with Crippen molar-refractivity contribution in [3.05, 3.63) is 70.2 Å². The van der Waals surface area contributed by atoms with Crippen LogP contribution in [0.1, 0.15) is 11.1 Å². The minimum absolute atomic E-state index is 0.0136. The Hall–Kier alpha value is -2.97. The number of halogens is 3. The normalized spacial score (nSPS) is 10.5. The fourth-order valence-corrected chi connectivity index (χ4v) is 2.85. The van der Waals surface area contributed by atoms with Gasteiger partial charge < -0.3 is 5.73 Å². The van der Waals surface area contributed by atoms with Crippen LogP contribution in [0.5, 0.6) is 0 Å². The maximum absolute atomic E-state index is 14.3. The highest BCUT2D eigenvalue weighted by Crippen LogP contribution is 2.37. The van der Waals surface area contributed by atoms with Crippen LogP contribution in [0.15, 0.2) is 42.5 Å². The summed E-state index contributed by atoms with van der Waals surface area (Å²) in [7, 11) is 0. The summed E-state index contributed by atoms with van der Waals surface area (Å²) in [6.07, 6.45) is 0. The van der Waals surface area contributed by atoms with Crippen LogP contribution >= 0.6 is 11.6 Å². The molecule has 0 spiro atoms. The molecule has 0 fully saturated rings. The summed E-state index contributed by atoms with van der Waals surface area (Å²) < 4.78 is 28.0. The first-order valence-corrected chi connectivity index (χ1v) is 7.71. The number of hydrogen-bond acceptors (Lipinski definition) is 3. The molecular weight excluding hydrogens is 344 g/mol. The van der Waals surface area contributed by atoms with Gasteiger partial charge in [-0.15, -0.1) is 0 Å². The highest BCUT2D eigenvalue weighted by atomic mass is 35.5. The number of rotatable bonds is 2. The second-order valence-electron chi connectivity index (χ2n) is 5.46. The Morgan fingerprint density at radius 1 is 1.12 bits per heavy atom. The van der Waals surface area contributed by atoms with Crippen molar-refractivity contribution in [3.8, 4) is 28.5 Å². The molecule has 0 saturated heterocycles. The zero-order valence-corrected chi connectivity index (χ0v) is 13.9. The topological polar surface area (TPSA) is 62.7 Å². The first-order chi connectivity index (χ1) is 11.9. The molecule has 1 heterocycles. The van der Waals surface area contributed by atoms with E-state index in [0.29, 0.717) is 21.8 Å². The standard InChI is InChI=1S/C19H12ClF2N3/c1-10-17(14-8-13(21)6-7-16(14)22)15(9-23)19(24)25-18(10)11-2-4-12(20)5-3-11/h2-8H,1H3,(H2,24,25). The molecule has 0 aliphatic heterocycles. The molecular formula is C19H12ClF2N3. The van der Waals surface area contributed by atoms with Crippen LogP contribution in [0.25, 0.3) is 22.4 Å². The predicted octanol–water partition coefficient (Wildman–Crippen LogP) is 5.11. The van der Waals surface area contributed by atoms with Gasteiger partial charge in [-0.1, -0.05) is 23.7 Å². The number of nitriles is 1. The summed E-state index contributed by atoms with van der Waals surface area (Å²) in [6, 6.07) is 11.9. The summed E-state index contributed by atoms with van der Waals surface area (Å²) >= 11 is 5.90. The molecule has 0 atom stereocenters. The number of nitrogen functional groups attached to an aromatic ring is 1. The average molecular weight is 356 g/mol. The average Bonchev–Trinajstić information content (AvgIpc) is 2.59. The molecule has 3 rings (SSSR count). The smallest absolute Gasteiger partial charge is 0.142 e. The number of nitrogens with two attached hydrogens (primary N) is 1. The highest BCUT2D eigenvalue weighted by Gasteiger charge is 2.21. The Morgan fingerprint density at radius 2 is 1.80 bits per heavy atom. The van der Waals surface area contributed by atoms with E-state index in [1.165, 1.54) is 0 Å². The molecule has 0 aliphatic carbocycles. The molecule has 0 aliphatic rings. The third kappa shape index (κ3) is 3.04. The van der Waals surface area contributed by atoms with Crippen LogP contribution in [0.4, 0.5) is 14.6 Å². The van der Waals surface area contributed by atoms with Gasteiger partial charge in [0.15, 0.2) is 0 Å². The molecule has 25 heavy (non-hydrogen) atoms. The van der Waals surface area contributed by atoms with Crippen LogP contribution in [0.2, 0.25) is 5.02 Å². The van der Waals surface area contributed by atoms with Gasteiger partial charge in [0.2, 0.25) is 0 Å². The van der Waals surface area contributed by atoms with Gasteiger partial charge in [0, 0.05) is 21.7 Å². The van der Waals surface area contributed by atoms with E-state index in [1.54, 1.807) is 31.2 Å². The number of aromatic nitrogens is 1. The van der Waals surface area contributed by atoms with Gasteiger partial charge in [-0.3, -0.25) is 0 Å². The fraction of sp³-hybridized carbons (Fsp3) is 0.0526.